The first-order valence-corrected chi connectivity index (χ1v) is 16.0. The van der Waals surface area contributed by atoms with Crippen LogP contribution < -0.4 is 14.2 Å². The van der Waals surface area contributed by atoms with E-state index in [4.69, 9.17) is 4.74 Å². The van der Waals surface area contributed by atoms with Gasteiger partial charge in [-0.25, -0.2) is 31.5 Å². The van der Waals surface area contributed by atoms with Crippen molar-refractivity contribution in [2.45, 2.75) is 49.8 Å². The molecule has 0 aliphatic rings. The van der Waals surface area contributed by atoms with Crippen molar-refractivity contribution in [2.75, 3.05) is 17.9 Å². The summed E-state index contributed by atoms with van der Waals surface area (Å²) in [6.45, 7) is 9.89. The Bertz CT molecular complexity index is 1710. The van der Waals surface area contributed by atoms with Gasteiger partial charge in [0.15, 0.2) is 5.82 Å². The molecule has 2 N–H and O–H groups in total. The van der Waals surface area contributed by atoms with E-state index in [2.05, 4.69) is 40.2 Å². The second-order valence-corrected chi connectivity index (χ2v) is 14.2. The minimum Gasteiger partial charge on any atom is -0.476 e. The predicted octanol–water partition coefficient (Wildman–Crippen LogP) is 5.22. The van der Waals surface area contributed by atoms with Crippen LogP contribution in [0.2, 0.25) is 0 Å². The van der Waals surface area contributed by atoms with Crippen LogP contribution in [0.4, 0.5) is 5.82 Å². The first-order chi connectivity index (χ1) is 19.3. The molecule has 4 rings (SSSR count). The molecule has 1 aromatic heterocycles. The molecular weight excluding hydrogens is 560 g/mol. The summed E-state index contributed by atoms with van der Waals surface area (Å²) in [6, 6.07) is 20.6. The van der Waals surface area contributed by atoms with E-state index in [9.17, 15) is 16.8 Å². The van der Waals surface area contributed by atoms with Crippen LogP contribution in [0.1, 0.15) is 37.5 Å². The van der Waals surface area contributed by atoms with Crippen LogP contribution >= 0.6 is 0 Å². The molecular formula is C30H34N4O5S2. The van der Waals surface area contributed by atoms with Crippen molar-refractivity contribution >= 4 is 25.9 Å². The summed E-state index contributed by atoms with van der Waals surface area (Å²) in [5.41, 5.74) is 3.82. The van der Waals surface area contributed by atoms with Crippen LogP contribution in [0, 0.1) is 13.8 Å². The van der Waals surface area contributed by atoms with Crippen LogP contribution in [0.5, 0.6) is 5.88 Å². The normalized spacial score (nSPS) is 12.2. The van der Waals surface area contributed by atoms with E-state index in [1.807, 2.05) is 38.1 Å². The lowest BCUT2D eigenvalue weighted by Crippen LogP contribution is -2.28. The quantitative estimate of drug-likeness (QED) is 0.241. The van der Waals surface area contributed by atoms with E-state index >= 15 is 0 Å². The third-order valence-corrected chi connectivity index (χ3v) is 9.21. The molecule has 0 amide bonds. The highest BCUT2D eigenvalue weighted by Crippen LogP contribution is 2.35. The van der Waals surface area contributed by atoms with Crippen LogP contribution in [0.3, 0.4) is 0 Å². The van der Waals surface area contributed by atoms with Gasteiger partial charge in [-0.3, -0.25) is 4.72 Å². The van der Waals surface area contributed by atoms with Crippen LogP contribution in [0.25, 0.3) is 11.1 Å². The zero-order chi connectivity index (χ0) is 29.8. The second kappa shape index (κ2) is 12.0. The fourth-order valence-corrected chi connectivity index (χ4v) is 6.02. The Morgan fingerprint density at radius 2 is 1.27 bits per heavy atom. The summed E-state index contributed by atoms with van der Waals surface area (Å²) in [6.07, 6.45) is 1.20. The van der Waals surface area contributed by atoms with Crippen molar-refractivity contribution in [1.82, 2.24) is 14.7 Å². The molecule has 11 heteroatoms. The molecule has 1 heterocycles. The summed E-state index contributed by atoms with van der Waals surface area (Å²) in [7, 11) is -7.73. The van der Waals surface area contributed by atoms with Gasteiger partial charge in [-0.1, -0.05) is 80.4 Å². The Morgan fingerprint density at radius 3 is 1.85 bits per heavy atom. The van der Waals surface area contributed by atoms with Gasteiger partial charge in [-0.15, -0.1) is 0 Å². The van der Waals surface area contributed by atoms with Crippen molar-refractivity contribution in [3.05, 3.63) is 95.8 Å². The van der Waals surface area contributed by atoms with Gasteiger partial charge in [0.2, 0.25) is 15.9 Å². The van der Waals surface area contributed by atoms with Crippen LogP contribution in [-0.2, 0) is 25.5 Å². The highest BCUT2D eigenvalue weighted by molar-refractivity contribution is 7.92. The standard InChI is InChI=1S/C30H34N4O5S2/c1-21-6-10-23(11-7-21)27-28(34-41(37,38)26-16-12-24(13-17-26)30(3,4)5)31-20-32-29(27)39-19-18-33-40(35,36)25-14-8-22(2)9-15-25/h6-17,20,33H,18-19H2,1-5H3,(H,31,32,34). The molecule has 216 valence electrons. The maximum atomic E-state index is 13.3. The molecule has 41 heavy (non-hydrogen) atoms. The van der Waals surface area contributed by atoms with E-state index in [1.54, 1.807) is 36.4 Å². The molecule has 0 unspecified atom stereocenters. The van der Waals surface area contributed by atoms with Crippen molar-refractivity contribution in [1.29, 1.82) is 0 Å². The molecule has 0 bridgehead atoms. The minimum absolute atomic E-state index is 0.0330. The first-order valence-electron chi connectivity index (χ1n) is 13.0. The molecule has 0 aliphatic carbocycles. The number of nitrogens with zero attached hydrogens (tertiary/aromatic N) is 2. The molecule has 9 nitrogen and oxygen atoms in total. The van der Waals surface area contributed by atoms with Gasteiger partial charge < -0.3 is 4.74 Å². The number of ether oxygens (including phenoxy) is 1. The molecule has 0 atom stereocenters. The molecule has 0 radical (unpaired) electrons. The maximum Gasteiger partial charge on any atom is 0.263 e. The molecule has 0 saturated heterocycles. The number of nitrogens with one attached hydrogen (secondary N) is 2. The van der Waals surface area contributed by atoms with Gasteiger partial charge >= 0.3 is 0 Å². The van der Waals surface area contributed by atoms with Gasteiger partial charge in [0.1, 0.15) is 12.9 Å². The smallest absolute Gasteiger partial charge is 0.263 e. The monoisotopic (exact) mass is 594 g/mol. The number of hydrogen-bond donors (Lipinski definition) is 2. The number of sulfonamides is 2. The zero-order valence-electron chi connectivity index (χ0n) is 23.7. The van der Waals surface area contributed by atoms with E-state index in [1.165, 1.54) is 18.5 Å². The molecule has 0 spiro atoms. The molecule has 0 aliphatic heterocycles. The Hall–Kier alpha value is -3.80. The fourth-order valence-electron chi connectivity index (χ4n) is 3.98. The number of benzene rings is 3. The van der Waals surface area contributed by atoms with Crippen LogP contribution in [0.15, 0.2) is 88.9 Å². The van der Waals surface area contributed by atoms with Gasteiger partial charge in [0.25, 0.3) is 10.0 Å². The predicted molar refractivity (Wildman–Crippen MR) is 160 cm³/mol. The molecule has 0 saturated carbocycles. The van der Waals surface area contributed by atoms with Gasteiger partial charge in [-0.05, 0) is 54.7 Å². The summed E-state index contributed by atoms with van der Waals surface area (Å²) in [5.74, 6) is 0.151. The third-order valence-electron chi connectivity index (χ3n) is 6.38. The second-order valence-electron chi connectivity index (χ2n) is 10.7. The van der Waals surface area contributed by atoms with Gasteiger partial charge in [0, 0.05) is 6.54 Å². The largest absolute Gasteiger partial charge is 0.476 e. The number of aryl methyl sites for hydroxylation is 2. The first kappa shape index (κ1) is 30.2. The SMILES string of the molecule is Cc1ccc(-c2c(NS(=O)(=O)c3ccc(C(C)(C)C)cc3)ncnc2OCCNS(=O)(=O)c2ccc(C)cc2)cc1. The summed E-state index contributed by atoms with van der Waals surface area (Å²) < 4.78 is 62.9. The Kier molecular flexibility index (Phi) is 8.81. The van der Waals surface area contributed by atoms with E-state index in [-0.39, 0.29) is 40.1 Å². The minimum atomic E-state index is -4.00. The van der Waals surface area contributed by atoms with E-state index < -0.39 is 20.0 Å². The van der Waals surface area contributed by atoms with Crippen LogP contribution in [-0.4, -0.2) is 40.0 Å². The molecule has 3 aromatic carbocycles. The maximum absolute atomic E-state index is 13.3. The lowest BCUT2D eigenvalue weighted by molar-refractivity contribution is 0.311. The summed E-state index contributed by atoms with van der Waals surface area (Å²) in [4.78, 5) is 8.70. The highest BCUT2D eigenvalue weighted by Gasteiger charge is 2.23. The Morgan fingerprint density at radius 1 is 0.732 bits per heavy atom. The average Bonchev–Trinajstić information content (AvgIpc) is 2.91. The number of anilines is 1. The summed E-state index contributed by atoms with van der Waals surface area (Å²) in [5, 5.41) is 0. The average molecular weight is 595 g/mol. The number of aromatic nitrogens is 2. The van der Waals surface area contributed by atoms with Gasteiger partial charge in [0.05, 0.1) is 15.4 Å². The van der Waals surface area contributed by atoms with E-state index in [0.29, 0.717) is 11.1 Å². The fraction of sp³-hybridized carbons (Fsp3) is 0.267. The number of rotatable bonds is 10. The lowest BCUT2D eigenvalue weighted by atomic mass is 9.87. The third kappa shape index (κ3) is 7.49. The number of hydrogen-bond acceptors (Lipinski definition) is 7. The molecule has 4 aromatic rings. The topological polar surface area (TPSA) is 127 Å². The highest BCUT2D eigenvalue weighted by atomic mass is 32.2. The summed E-state index contributed by atoms with van der Waals surface area (Å²) >= 11 is 0. The van der Waals surface area contributed by atoms with Crippen molar-refractivity contribution < 1.29 is 21.6 Å². The van der Waals surface area contributed by atoms with E-state index in [0.717, 1.165) is 16.7 Å². The van der Waals surface area contributed by atoms with Crippen molar-refractivity contribution in [2.24, 2.45) is 0 Å². The lowest BCUT2D eigenvalue weighted by Gasteiger charge is -2.19. The Labute approximate surface area is 242 Å². The van der Waals surface area contributed by atoms with Crippen molar-refractivity contribution in [3.63, 3.8) is 0 Å². The zero-order valence-corrected chi connectivity index (χ0v) is 25.3. The Balaban J connectivity index is 1.58. The van der Waals surface area contributed by atoms with Gasteiger partial charge in [-0.2, -0.15) is 0 Å². The molecule has 0 fully saturated rings. The van der Waals surface area contributed by atoms with Crippen molar-refractivity contribution in [3.8, 4) is 17.0 Å².